The summed E-state index contributed by atoms with van der Waals surface area (Å²) >= 11 is 0. The van der Waals surface area contributed by atoms with Crippen molar-refractivity contribution in [3.05, 3.63) is 131 Å². The Labute approximate surface area is 193 Å². The van der Waals surface area contributed by atoms with E-state index in [4.69, 9.17) is 4.74 Å². The van der Waals surface area contributed by atoms with E-state index in [2.05, 4.69) is 12.6 Å². The van der Waals surface area contributed by atoms with Crippen LogP contribution in [0.5, 0.6) is 0 Å². The molecule has 0 N–H and O–H groups in total. The molecule has 0 aliphatic carbocycles. The SMILES string of the molecule is C=C/C=C\C(=C/C)C(OCc1c(F)cccc1F)c1ccc(C#N)c(-c2ccccc2C)c1. The summed E-state index contributed by atoms with van der Waals surface area (Å²) in [6.45, 7) is 7.32. The summed E-state index contributed by atoms with van der Waals surface area (Å²) < 4.78 is 34.5. The van der Waals surface area contributed by atoms with Gasteiger partial charge < -0.3 is 4.74 Å². The Morgan fingerprint density at radius 2 is 1.79 bits per heavy atom. The summed E-state index contributed by atoms with van der Waals surface area (Å²) in [6.07, 6.45) is 6.55. The number of halogens is 2. The molecule has 2 nitrogen and oxygen atoms in total. The van der Waals surface area contributed by atoms with Crippen molar-refractivity contribution in [2.45, 2.75) is 26.6 Å². The molecule has 0 aliphatic heterocycles. The molecule has 0 bridgehead atoms. The molecule has 33 heavy (non-hydrogen) atoms. The van der Waals surface area contributed by atoms with Gasteiger partial charge in [0.1, 0.15) is 17.7 Å². The van der Waals surface area contributed by atoms with Gasteiger partial charge in [0.2, 0.25) is 0 Å². The van der Waals surface area contributed by atoms with E-state index >= 15 is 0 Å². The summed E-state index contributed by atoms with van der Waals surface area (Å²) in [5.41, 5.74) is 4.74. The number of allylic oxidation sites excluding steroid dienone is 3. The first-order valence-electron chi connectivity index (χ1n) is 10.6. The van der Waals surface area contributed by atoms with Crippen LogP contribution >= 0.6 is 0 Å². The van der Waals surface area contributed by atoms with E-state index < -0.39 is 17.7 Å². The van der Waals surface area contributed by atoms with E-state index in [0.29, 0.717) is 5.56 Å². The average Bonchev–Trinajstić information content (AvgIpc) is 2.82. The number of hydrogen-bond donors (Lipinski definition) is 0. The lowest BCUT2D eigenvalue weighted by atomic mass is 9.91. The van der Waals surface area contributed by atoms with Gasteiger partial charge in [-0.05, 0) is 60.4 Å². The smallest absolute Gasteiger partial charge is 0.131 e. The number of rotatable bonds is 8. The standard InChI is InChI=1S/C29H25F2NO/c1-4-6-11-21(5-2)29(33-19-26-27(30)13-9-14-28(26)31)22-15-16-23(18-32)25(17-22)24-12-8-7-10-20(24)3/h4-17,29H,1,19H2,2-3H3/b11-6-,21-5+. The lowest BCUT2D eigenvalue weighted by Gasteiger charge is -2.22. The van der Waals surface area contributed by atoms with Gasteiger partial charge >= 0.3 is 0 Å². The first-order valence-corrected chi connectivity index (χ1v) is 10.6. The number of benzene rings is 3. The van der Waals surface area contributed by atoms with Gasteiger partial charge in [-0.2, -0.15) is 5.26 Å². The molecule has 1 atom stereocenters. The average molecular weight is 442 g/mol. The first kappa shape index (κ1) is 23.8. The van der Waals surface area contributed by atoms with E-state index in [9.17, 15) is 14.0 Å². The van der Waals surface area contributed by atoms with Crippen LogP contribution in [0.15, 0.2) is 97.1 Å². The topological polar surface area (TPSA) is 33.0 Å². The molecule has 166 valence electrons. The maximum Gasteiger partial charge on any atom is 0.131 e. The lowest BCUT2D eigenvalue weighted by Crippen LogP contribution is -2.09. The summed E-state index contributed by atoms with van der Waals surface area (Å²) in [7, 11) is 0. The van der Waals surface area contributed by atoms with Crippen molar-refractivity contribution >= 4 is 0 Å². The molecule has 0 saturated carbocycles. The molecule has 1 unspecified atom stereocenters. The van der Waals surface area contributed by atoms with Gasteiger partial charge in [0.15, 0.2) is 0 Å². The van der Waals surface area contributed by atoms with E-state index in [1.54, 1.807) is 18.2 Å². The van der Waals surface area contributed by atoms with Gasteiger partial charge in [-0.3, -0.25) is 0 Å². The number of aryl methyl sites for hydroxylation is 1. The molecular weight excluding hydrogens is 416 g/mol. The Bertz CT molecular complexity index is 1230. The largest absolute Gasteiger partial charge is 0.364 e. The Morgan fingerprint density at radius 3 is 2.42 bits per heavy atom. The van der Waals surface area contributed by atoms with E-state index in [0.717, 1.165) is 27.8 Å². The number of hydrogen-bond acceptors (Lipinski definition) is 2. The van der Waals surface area contributed by atoms with Crippen LogP contribution in [0.4, 0.5) is 8.78 Å². The summed E-state index contributed by atoms with van der Waals surface area (Å²) in [5.74, 6) is -1.31. The van der Waals surface area contributed by atoms with Crippen molar-refractivity contribution in [3.63, 3.8) is 0 Å². The third kappa shape index (κ3) is 5.52. The second-order valence-electron chi connectivity index (χ2n) is 7.51. The van der Waals surface area contributed by atoms with Crippen molar-refractivity contribution in [3.8, 4) is 17.2 Å². The quantitative estimate of drug-likeness (QED) is 0.335. The molecule has 3 aromatic rings. The van der Waals surface area contributed by atoms with E-state index in [-0.39, 0.29) is 12.2 Å². The Balaban J connectivity index is 2.09. The zero-order valence-electron chi connectivity index (χ0n) is 18.7. The van der Waals surface area contributed by atoms with Crippen molar-refractivity contribution in [1.82, 2.24) is 0 Å². The Kier molecular flexibility index (Phi) is 8.07. The highest BCUT2D eigenvalue weighted by Crippen LogP contribution is 2.34. The highest BCUT2D eigenvalue weighted by molar-refractivity contribution is 5.74. The minimum atomic E-state index is -0.655. The lowest BCUT2D eigenvalue weighted by molar-refractivity contribution is 0.0624. The van der Waals surface area contributed by atoms with E-state index in [1.165, 1.54) is 18.2 Å². The molecule has 0 amide bonds. The molecule has 0 heterocycles. The van der Waals surface area contributed by atoms with Crippen LogP contribution in [0.25, 0.3) is 11.1 Å². The molecule has 3 rings (SSSR count). The molecule has 0 aliphatic rings. The van der Waals surface area contributed by atoms with Gasteiger partial charge in [-0.25, -0.2) is 8.78 Å². The maximum atomic E-state index is 14.2. The molecule has 0 radical (unpaired) electrons. The minimum Gasteiger partial charge on any atom is -0.364 e. The summed E-state index contributed by atoms with van der Waals surface area (Å²) in [4.78, 5) is 0. The Hall–Kier alpha value is -3.81. The summed E-state index contributed by atoms with van der Waals surface area (Å²) in [5, 5.41) is 9.69. The summed E-state index contributed by atoms with van der Waals surface area (Å²) in [6, 6.07) is 19.3. The molecular formula is C29H25F2NO. The molecule has 4 heteroatoms. The van der Waals surface area contributed by atoms with Crippen molar-refractivity contribution in [2.75, 3.05) is 0 Å². The molecule has 0 spiro atoms. The van der Waals surface area contributed by atoms with Crippen LogP contribution in [-0.4, -0.2) is 0 Å². The minimum absolute atomic E-state index is 0.126. The number of nitriles is 1. The van der Waals surface area contributed by atoms with Crippen molar-refractivity contribution in [2.24, 2.45) is 0 Å². The fourth-order valence-electron chi connectivity index (χ4n) is 3.66. The number of nitrogens with zero attached hydrogens (tertiary/aromatic N) is 1. The molecule has 0 aromatic heterocycles. The molecule has 0 fully saturated rings. The van der Waals surface area contributed by atoms with Gasteiger partial charge in [-0.1, -0.05) is 67.3 Å². The van der Waals surface area contributed by atoms with Crippen LogP contribution < -0.4 is 0 Å². The predicted octanol–water partition coefficient (Wildman–Crippen LogP) is 7.76. The van der Waals surface area contributed by atoms with Gasteiger partial charge in [0, 0.05) is 11.1 Å². The van der Waals surface area contributed by atoms with Crippen LogP contribution in [0, 0.1) is 29.9 Å². The van der Waals surface area contributed by atoms with E-state index in [1.807, 2.05) is 62.4 Å². The van der Waals surface area contributed by atoms with Crippen molar-refractivity contribution in [1.29, 1.82) is 5.26 Å². The van der Waals surface area contributed by atoms with Crippen molar-refractivity contribution < 1.29 is 13.5 Å². The molecule has 3 aromatic carbocycles. The zero-order chi connectivity index (χ0) is 23.8. The third-order valence-corrected chi connectivity index (χ3v) is 5.42. The van der Waals surface area contributed by atoms with Crippen LogP contribution in [0.2, 0.25) is 0 Å². The number of ether oxygens (including phenoxy) is 1. The monoisotopic (exact) mass is 441 g/mol. The zero-order valence-corrected chi connectivity index (χ0v) is 18.7. The second kappa shape index (κ2) is 11.2. The Morgan fingerprint density at radius 1 is 1.06 bits per heavy atom. The van der Waals surface area contributed by atoms with Gasteiger partial charge in [-0.15, -0.1) is 0 Å². The van der Waals surface area contributed by atoms with Crippen LogP contribution in [-0.2, 0) is 11.3 Å². The second-order valence-corrected chi connectivity index (χ2v) is 7.51. The van der Waals surface area contributed by atoms with Crippen LogP contribution in [0.3, 0.4) is 0 Å². The predicted molar refractivity (Wildman–Crippen MR) is 128 cm³/mol. The maximum absolute atomic E-state index is 14.2. The van der Waals surface area contributed by atoms with Crippen LogP contribution in [0.1, 0.15) is 35.3 Å². The normalized spacial score (nSPS) is 12.5. The third-order valence-electron chi connectivity index (χ3n) is 5.42. The highest BCUT2D eigenvalue weighted by atomic mass is 19.1. The molecule has 0 saturated heterocycles. The van der Waals surface area contributed by atoms with Gasteiger partial charge in [0.05, 0.1) is 18.2 Å². The highest BCUT2D eigenvalue weighted by Gasteiger charge is 2.20. The fourth-order valence-corrected chi connectivity index (χ4v) is 3.66. The fraction of sp³-hybridized carbons (Fsp3) is 0.138. The first-order chi connectivity index (χ1) is 16.0. The van der Waals surface area contributed by atoms with Gasteiger partial charge in [0.25, 0.3) is 0 Å².